The van der Waals surface area contributed by atoms with Crippen LogP contribution in [-0.2, 0) is 33.3 Å². The quantitative estimate of drug-likeness (QED) is 0.261. The van der Waals surface area contributed by atoms with Crippen molar-refractivity contribution in [3.63, 3.8) is 0 Å². The van der Waals surface area contributed by atoms with Gasteiger partial charge in [-0.1, -0.05) is 0 Å². The molecule has 1 unspecified atom stereocenters. The molecule has 0 aliphatic rings. The largest absolute Gasteiger partial charge is 0.460 e. The summed E-state index contributed by atoms with van der Waals surface area (Å²) in [5.74, 6) is -0.902. The third-order valence-corrected chi connectivity index (χ3v) is 4.90. The summed E-state index contributed by atoms with van der Waals surface area (Å²) in [6.07, 6.45) is 3.48. The first-order valence-corrected chi connectivity index (χ1v) is 11.3. The minimum atomic E-state index is -1.06. The van der Waals surface area contributed by atoms with Gasteiger partial charge in [-0.25, -0.2) is 4.79 Å². The number of methoxy groups -OCH3 is 1. The van der Waals surface area contributed by atoms with Crippen molar-refractivity contribution in [2.75, 3.05) is 26.9 Å². The summed E-state index contributed by atoms with van der Waals surface area (Å²) in [5.41, 5.74) is -2.01. The number of hydrogen-bond acceptors (Lipinski definition) is 7. The van der Waals surface area contributed by atoms with Gasteiger partial charge in [-0.15, -0.1) is 0 Å². The Kier molecular flexibility index (Phi) is 12.3. The summed E-state index contributed by atoms with van der Waals surface area (Å²) < 4.78 is 28.0. The molecule has 0 aliphatic heterocycles. The van der Waals surface area contributed by atoms with Crippen LogP contribution < -0.4 is 0 Å². The van der Waals surface area contributed by atoms with E-state index in [1.807, 2.05) is 55.4 Å². The van der Waals surface area contributed by atoms with Gasteiger partial charge in [0, 0.05) is 13.2 Å². The molecule has 0 saturated heterocycles. The van der Waals surface area contributed by atoms with Gasteiger partial charge in [0.05, 0.1) is 36.1 Å². The van der Waals surface area contributed by atoms with E-state index in [0.717, 1.165) is 12.5 Å². The first-order valence-electron chi connectivity index (χ1n) is 11.3. The molecule has 0 heterocycles. The van der Waals surface area contributed by atoms with Crippen LogP contribution in [0.5, 0.6) is 0 Å². The fourth-order valence-corrected chi connectivity index (χ4v) is 2.60. The van der Waals surface area contributed by atoms with Crippen molar-refractivity contribution in [1.29, 1.82) is 0 Å². The lowest BCUT2D eigenvalue weighted by atomic mass is 10.0. The Balaban J connectivity index is 4.44. The second kappa shape index (κ2) is 12.8. The van der Waals surface area contributed by atoms with E-state index in [1.165, 1.54) is 6.08 Å². The first-order chi connectivity index (χ1) is 14.4. The van der Waals surface area contributed by atoms with Crippen molar-refractivity contribution >= 4 is 11.8 Å². The van der Waals surface area contributed by atoms with Crippen LogP contribution in [0.1, 0.15) is 82.1 Å². The van der Waals surface area contributed by atoms with Crippen molar-refractivity contribution in [1.82, 2.24) is 0 Å². The Morgan fingerprint density at radius 2 is 1.34 bits per heavy atom. The fourth-order valence-electron chi connectivity index (χ4n) is 2.60. The molecule has 0 aromatic carbocycles. The van der Waals surface area contributed by atoms with Gasteiger partial charge in [0.15, 0.2) is 5.78 Å². The maximum atomic E-state index is 12.5. The van der Waals surface area contributed by atoms with Crippen LogP contribution in [0.3, 0.4) is 0 Å². The van der Waals surface area contributed by atoms with E-state index in [-0.39, 0.29) is 29.7 Å². The molecule has 1 atom stereocenters. The SMILES string of the molecule is COC(C)(C)CCOC(C)(C)CCOC(C)(C)C(=O)/C=C\C(=O)OCC(C)OC(C)(C)C. The monoisotopic (exact) mass is 458 g/mol. The van der Waals surface area contributed by atoms with Gasteiger partial charge in [0.2, 0.25) is 0 Å². The van der Waals surface area contributed by atoms with Gasteiger partial charge in [0.25, 0.3) is 0 Å². The molecule has 0 radical (unpaired) electrons. The molecule has 32 heavy (non-hydrogen) atoms. The Labute approximate surface area is 195 Å². The van der Waals surface area contributed by atoms with Crippen LogP contribution in [0, 0.1) is 0 Å². The van der Waals surface area contributed by atoms with Crippen LogP contribution in [0.25, 0.3) is 0 Å². The maximum absolute atomic E-state index is 12.5. The number of carbonyl (C=O) groups is 2. The van der Waals surface area contributed by atoms with Crippen molar-refractivity contribution in [2.45, 2.75) is 111 Å². The van der Waals surface area contributed by atoms with Gasteiger partial charge in [-0.2, -0.15) is 0 Å². The second-order valence-electron chi connectivity index (χ2n) is 10.8. The number of ether oxygens (including phenoxy) is 5. The average molecular weight is 459 g/mol. The highest BCUT2D eigenvalue weighted by Gasteiger charge is 2.28. The van der Waals surface area contributed by atoms with Crippen LogP contribution >= 0.6 is 0 Å². The molecule has 7 heteroatoms. The number of carbonyl (C=O) groups excluding carboxylic acids is 2. The number of hydrogen-bond donors (Lipinski definition) is 0. The van der Waals surface area contributed by atoms with Crippen molar-refractivity contribution < 1.29 is 33.3 Å². The Hall–Kier alpha value is -1.28. The highest BCUT2D eigenvalue weighted by molar-refractivity contribution is 6.00. The highest BCUT2D eigenvalue weighted by atomic mass is 16.6. The van der Waals surface area contributed by atoms with Gasteiger partial charge < -0.3 is 23.7 Å². The fraction of sp³-hybridized carbons (Fsp3) is 0.840. The molecule has 7 nitrogen and oxygen atoms in total. The van der Waals surface area contributed by atoms with Crippen molar-refractivity contribution in [3.8, 4) is 0 Å². The normalized spacial score (nSPS) is 14.6. The van der Waals surface area contributed by atoms with E-state index < -0.39 is 17.2 Å². The summed E-state index contributed by atoms with van der Waals surface area (Å²) in [7, 11) is 1.69. The van der Waals surface area contributed by atoms with Crippen LogP contribution in [0.15, 0.2) is 12.2 Å². The molecule has 0 rings (SSSR count). The smallest absolute Gasteiger partial charge is 0.330 e. The van der Waals surface area contributed by atoms with E-state index in [0.29, 0.717) is 19.6 Å². The Morgan fingerprint density at radius 1 is 0.812 bits per heavy atom. The standard InChI is InChI=1S/C25H46O7/c1-19(32-22(2,3)4)18-29-21(27)13-12-20(26)25(9,10)31-17-15-24(7,8)30-16-14-23(5,6)28-11/h12-13,19H,14-18H2,1-11H3/b13-12-. The van der Waals surface area contributed by atoms with E-state index >= 15 is 0 Å². The maximum Gasteiger partial charge on any atom is 0.330 e. The molecule has 0 amide bonds. The molecule has 188 valence electrons. The molecule has 0 saturated carbocycles. The summed E-state index contributed by atoms with van der Waals surface area (Å²) in [4.78, 5) is 24.4. The molecule has 0 aromatic heterocycles. The minimum Gasteiger partial charge on any atom is -0.460 e. The molecule has 0 N–H and O–H groups in total. The third kappa shape index (κ3) is 14.7. The van der Waals surface area contributed by atoms with Crippen molar-refractivity contribution in [3.05, 3.63) is 12.2 Å². The van der Waals surface area contributed by atoms with Crippen LogP contribution in [0.2, 0.25) is 0 Å². The summed E-state index contributed by atoms with van der Waals surface area (Å²) in [6, 6.07) is 0. The summed E-state index contributed by atoms with van der Waals surface area (Å²) in [6.45, 7) is 20.0. The highest BCUT2D eigenvalue weighted by Crippen LogP contribution is 2.21. The molecule has 0 spiro atoms. The van der Waals surface area contributed by atoms with Crippen LogP contribution in [-0.4, -0.2) is 67.2 Å². The van der Waals surface area contributed by atoms with Gasteiger partial charge in [-0.05, 0) is 88.2 Å². The molecule has 0 fully saturated rings. The average Bonchev–Trinajstić information content (AvgIpc) is 2.62. The van der Waals surface area contributed by atoms with Gasteiger partial charge in [0.1, 0.15) is 12.2 Å². The summed E-state index contributed by atoms with van der Waals surface area (Å²) >= 11 is 0. The molecule has 0 aliphatic carbocycles. The third-order valence-electron chi connectivity index (χ3n) is 4.90. The predicted molar refractivity (Wildman–Crippen MR) is 126 cm³/mol. The molecule has 0 bridgehead atoms. The number of ketones is 1. The Bertz CT molecular complexity index is 612. The zero-order valence-electron chi connectivity index (χ0n) is 22.1. The number of rotatable bonds is 15. The zero-order valence-corrected chi connectivity index (χ0v) is 22.1. The van der Waals surface area contributed by atoms with E-state index in [1.54, 1.807) is 21.0 Å². The molecular formula is C25H46O7. The van der Waals surface area contributed by atoms with E-state index in [9.17, 15) is 9.59 Å². The lowest BCUT2D eigenvalue weighted by Gasteiger charge is -2.30. The van der Waals surface area contributed by atoms with E-state index in [2.05, 4.69) is 0 Å². The van der Waals surface area contributed by atoms with Gasteiger partial charge in [-0.3, -0.25) is 4.79 Å². The Morgan fingerprint density at radius 3 is 1.88 bits per heavy atom. The van der Waals surface area contributed by atoms with E-state index in [4.69, 9.17) is 23.7 Å². The van der Waals surface area contributed by atoms with Crippen LogP contribution in [0.4, 0.5) is 0 Å². The topological polar surface area (TPSA) is 80.3 Å². The lowest BCUT2D eigenvalue weighted by molar-refractivity contribution is -0.146. The molecule has 0 aromatic rings. The summed E-state index contributed by atoms with van der Waals surface area (Å²) in [5, 5.41) is 0. The first kappa shape index (κ1) is 30.7. The lowest BCUT2D eigenvalue weighted by Crippen LogP contribution is -2.37. The van der Waals surface area contributed by atoms with Crippen molar-refractivity contribution in [2.24, 2.45) is 0 Å². The zero-order chi connectivity index (χ0) is 25.2. The second-order valence-corrected chi connectivity index (χ2v) is 10.8. The predicted octanol–water partition coefficient (Wildman–Crippen LogP) is 4.65. The minimum absolute atomic E-state index is 0.116. The number of esters is 1. The van der Waals surface area contributed by atoms with Gasteiger partial charge >= 0.3 is 5.97 Å². The molecular weight excluding hydrogens is 412 g/mol.